The molecule has 1 atom stereocenters. The van der Waals surface area contributed by atoms with Gasteiger partial charge in [0.15, 0.2) is 6.10 Å². The van der Waals surface area contributed by atoms with E-state index in [1.165, 1.54) is 0 Å². The van der Waals surface area contributed by atoms with Crippen LogP contribution in [-0.4, -0.2) is 28.7 Å². The minimum atomic E-state index is -1.20. The first-order valence-electron chi connectivity index (χ1n) is 7.60. The smallest absolute Gasteiger partial charge is 0.252 e. The summed E-state index contributed by atoms with van der Waals surface area (Å²) in [5.41, 5.74) is 1.96. The number of ether oxygens (including phenoxy) is 1. The van der Waals surface area contributed by atoms with Crippen molar-refractivity contribution in [2.75, 3.05) is 6.61 Å². The summed E-state index contributed by atoms with van der Waals surface area (Å²) in [6, 6.07) is 7.49. The largest absolute Gasteiger partial charge is 0.490 e. The van der Waals surface area contributed by atoms with E-state index in [-0.39, 0.29) is 6.61 Å². The zero-order valence-electron chi connectivity index (χ0n) is 13.6. The standard InChI is InChI=1S/C17H22N2O3S/c1-4-13-16(23-12(3)19-13)9-18-17(21)14(20)10-22-15-8-6-5-7-11(15)2/h5-8,14,20H,4,9-10H2,1-3H3,(H,18,21). The van der Waals surface area contributed by atoms with Gasteiger partial charge in [-0.15, -0.1) is 11.3 Å². The minimum Gasteiger partial charge on any atom is -0.490 e. The van der Waals surface area contributed by atoms with Gasteiger partial charge in [-0.05, 0) is 31.9 Å². The molecule has 2 rings (SSSR count). The van der Waals surface area contributed by atoms with Crippen LogP contribution in [0.15, 0.2) is 24.3 Å². The van der Waals surface area contributed by atoms with Crippen molar-refractivity contribution in [3.63, 3.8) is 0 Å². The van der Waals surface area contributed by atoms with Gasteiger partial charge >= 0.3 is 0 Å². The number of aromatic nitrogens is 1. The molecule has 0 radical (unpaired) electrons. The molecule has 2 N–H and O–H groups in total. The second-order valence-corrected chi connectivity index (χ2v) is 6.55. The molecule has 6 heteroatoms. The van der Waals surface area contributed by atoms with E-state index >= 15 is 0 Å². The molecule has 0 saturated heterocycles. The third-order valence-corrected chi connectivity index (χ3v) is 4.45. The summed E-state index contributed by atoms with van der Waals surface area (Å²) in [5.74, 6) is 0.234. The van der Waals surface area contributed by atoms with Crippen molar-refractivity contribution in [3.05, 3.63) is 45.4 Å². The van der Waals surface area contributed by atoms with Gasteiger partial charge in [-0.2, -0.15) is 0 Å². The lowest BCUT2D eigenvalue weighted by Crippen LogP contribution is -2.37. The van der Waals surface area contributed by atoms with Crippen LogP contribution in [-0.2, 0) is 17.8 Å². The van der Waals surface area contributed by atoms with Crippen LogP contribution >= 0.6 is 11.3 Å². The quantitative estimate of drug-likeness (QED) is 0.815. The predicted molar refractivity (Wildman–Crippen MR) is 90.8 cm³/mol. The van der Waals surface area contributed by atoms with Crippen molar-refractivity contribution in [2.24, 2.45) is 0 Å². The molecular weight excluding hydrogens is 312 g/mol. The fraction of sp³-hybridized carbons (Fsp3) is 0.412. The van der Waals surface area contributed by atoms with E-state index in [0.717, 1.165) is 27.6 Å². The van der Waals surface area contributed by atoms with Gasteiger partial charge in [-0.3, -0.25) is 4.79 Å². The Morgan fingerprint density at radius 2 is 2.13 bits per heavy atom. The van der Waals surface area contributed by atoms with E-state index in [0.29, 0.717) is 12.3 Å². The van der Waals surface area contributed by atoms with Crippen LogP contribution in [0.2, 0.25) is 0 Å². The van der Waals surface area contributed by atoms with Gasteiger partial charge in [0.05, 0.1) is 17.2 Å². The average Bonchev–Trinajstić information content (AvgIpc) is 2.91. The van der Waals surface area contributed by atoms with Crippen LogP contribution in [0, 0.1) is 13.8 Å². The number of rotatable bonds is 7. The number of para-hydroxylation sites is 1. The van der Waals surface area contributed by atoms with Crippen molar-refractivity contribution < 1.29 is 14.6 Å². The predicted octanol–water partition coefficient (Wildman–Crippen LogP) is 2.38. The summed E-state index contributed by atoms with van der Waals surface area (Å²) in [6.07, 6.45) is -0.372. The Hall–Kier alpha value is -1.92. The Bertz CT molecular complexity index is 670. The number of aliphatic hydroxyl groups is 1. The molecule has 0 spiro atoms. The Labute approximate surface area is 140 Å². The van der Waals surface area contributed by atoms with E-state index in [9.17, 15) is 9.90 Å². The number of benzene rings is 1. The average molecular weight is 334 g/mol. The SMILES string of the molecule is CCc1nc(C)sc1CNC(=O)C(O)COc1ccccc1C. The topological polar surface area (TPSA) is 71.5 Å². The molecule has 0 aliphatic carbocycles. The van der Waals surface area contributed by atoms with Crippen molar-refractivity contribution in [3.8, 4) is 5.75 Å². The van der Waals surface area contributed by atoms with E-state index < -0.39 is 12.0 Å². The lowest BCUT2D eigenvalue weighted by atomic mass is 10.2. The maximum Gasteiger partial charge on any atom is 0.252 e. The highest BCUT2D eigenvalue weighted by atomic mass is 32.1. The van der Waals surface area contributed by atoms with Crippen molar-refractivity contribution in [1.29, 1.82) is 0 Å². The highest BCUT2D eigenvalue weighted by Gasteiger charge is 2.17. The van der Waals surface area contributed by atoms with Gasteiger partial charge < -0.3 is 15.2 Å². The number of amides is 1. The number of carbonyl (C=O) groups is 1. The van der Waals surface area contributed by atoms with E-state index in [4.69, 9.17) is 4.74 Å². The zero-order valence-corrected chi connectivity index (χ0v) is 14.4. The highest BCUT2D eigenvalue weighted by molar-refractivity contribution is 7.11. The summed E-state index contributed by atoms with van der Waals surface area (Å²) in [6.45, 7) is 6.21. The maximum absolute atomic E-state index is 12.0. The Kier molecular flexibility index (Phi) is 6.12. The summed E-state index contributed by atoms with van der Waals surface area (Å²) in [4.78, 5) is 17.4. The first kappa shape index (κ1) is 17.4. The number of nitrogens with zero attached hydrogens (tertiary/aromatic N) is 1. The van der Waals surface area contributed by atoms with Crippen LogP contribution in [0.5, 0.6) is 5.75 Å². The number of nitrogens with one attached hydrogen (secondary N) is 1. The second kappa shape index (κ2) is 8.08. The monoisotopic (exact) mass is 334 g/mol. The third kappa shape index (κ3) is 4.77. The lowest BCUT2D eigenvalue weighted by Gasteiger charge is -2.13. The van der Waals surface area contributed by atoms with E-state index in [2.05, 4.69) is 10.3 Å². The van der Waals surface area contributed by atoms with Crippen LogP contribution < -0.4 is 10.1 Å². The van der Waals surface area contributed by atoms with E-state index in [1.807, 2.05) is 45.0 Å². The number of hydrogen-bond acceptors (Lipinski definition) is 5. The van der Waals surface area contributed by atoms with Gasteiger partial charge in [0.25, 0.3) is 5.91 Å². The minimum absolute atomic E-state index is 0.0704. The molecule has 0 aliphatic heterocycles. The van der Waals surface area contributed by atoms with Crippen molar-refractivity contribution >= 4 is 17.2 Å². The Balaban J connectivity index is 1.84. The summed E-state index contributed by atoms with van der Waals surface area (Å²) < 4.78 is 5.50. The van der Waals surface area contributed by atoms with Gasteiger partial charge in [0, 0.05) is 4.88 Å². The third-order valence-electron chi connectivity index (χ3n) is 3.44. The first-order valence-corrected chi connectivity index (χ1v) is 8.42. The van der Waals surface area contributed by atoms with E-state index in [1.54, 1.807) is 11.3 Å². The van der Waals surface area contributed by atoms with Gasteiger partial charge in [-0.1, -0.05) is 25.1 Å². The summed E-state index contributed by atoms with van der Waals surface area (Å²) in [7, 11) is 0. The lowest BCUT2D eigenvalue weighted by molar-refractivity contribution is -0.130. The Morgan fingerprint density at radius 3 is 2.83 bits per heavy atom. The highest BCUT2D eigenvalue weighted by Crippen LogP contribution is 2.18. The van der Waals surface area contributed by atoms with Crippen molar-refractivity contribution in [1.82, 2.24) is 10.3 Å². The number of hydrogen-bond donors (Lipinski definition) is 2. The van der Waals surface area contributed by atoms with Gasteiger partial charge in [-0.25, -0.2) is 4.98 Å². The molecular formula is C17H22N2O3S. The molecule has 1 amide bonds. The molecule has 23 heavy (non-hydrogen) atoms. The number of thiazole rings is 1. The molecule has 1 aromatic heterocycles. The summed E-state index contributed by atoms with van der Waals surface area (Å²) >= 11 is 1.57. The number of aliphatic hydroxyl groups excluding tert-OH is 1. The van der Waals surface area contributed by atoms with Gasteiger partial charge in [0.1, 0.15) is 12.4 Å². The van der Waals surface area contributed by atoms with Crippen LogP contribution in [0.1, 0.15) is 28.1 Å². The molecule has 0 bridgehead atoms. The molecule has 0 aliphatic rings. The molecule has 1 heterocycles. The number of aryl methyl sites for hydroxylation is 3. The normalized spacial score (nSPS) is 12.0. The van der Waals surface area contributed by atoms with Crippen molar-refractivity contribution in [2.45, 2.75) is 39.8 Å². The molecule has 124 valence electrons. The fourth-order valence-corrected chi connectivity index (χ4v) is 3.14. The number of carbonyl (C=O) groups excluding carboxylic acids is 1. The van der Waals surface area contributed by atoms with Crippen LogP contribution in [0.4, 0.5) is 0 Å². The molecule has 1 unspecified atom stereocenters. The molecule has 5 nitrogen and oxygen atoms in total. The molecule has 2 aromatic rings. The second-order valence-electron chi connectivity index (χ2n) is 5.27. The van der Waals surface area contributed by atoms with Crippen LogP contribution in [0.3, 0.4) is 0 Å². The fourth-order valence-electron chi connectivity index (χ4n) is 2.17. The Morgan fingerprint density at radius 1 is 1.39 bits per heavy atom. The summed E-state index contributed by atoms with van der Waals surface area (Å²) in [5, 5.41) is 13.7. The molecule has 0 saturated carbocycles. The molecule has 1 aromatic carbocycles. The zero-order chi connectivity index (χ0) is 16.8. The maximum atomic E-state index is 12.0. The first-order chi connectivity index (χ1) is 11.0. The van der Waals surface area contributed by atoms with Crippen LogP contribution in [0.25, 0.3) is 0 Å². The van der Waals surface area contributed by atoms with Gasteiger partial charge in [0.2, 0.25) is 0 Å². The molecule has 0 fully saturated rings.